The highest BCUT2D eigenvalue weighted by Crippen LogP contribution is 2.33. The van der Waals surface area contributed by atoms with E-state index in [1.807, 2.05) is 30.3 Å². The van der Waals surface area contributed by atoms with Crippen LogP contribution in [0, 0.1) is 0 Å². The quantitative estimate of drug-likeness (QED) is 0.684. The molecule has 29 heavy (non-hydrogen) atoms. The molecule has 0 aliphatic carbocycles. The molecule has 1 aromatic heterocycles. The van der Waals surface area contributed by atoms with E-state index in [0.717, 1.165) is 11.1 Å². The third kappa shape index (κ3) is 4.45. The zero-order chi connectivity index (χ0) is 20.2. The fourth-order valence-electron chi connectivity index (χ4n) is 3.29. The highest BCUT2D eigenvalue weighted by Gasteiger charge is 2.30. The minimum atomic E-state index is -0.683. The number of urea groups is 1. The van der Waals surface area contributed by atoms with E-state index in [0.29, 0.717) is 24.6 Å². The minimum Gasteiger partial charge on any atom is -0.454 e. The predicted octanol–water partition coefficient (Wildman–Crippen LogP) is 1.33. The van der Waals surface area contributed by atoms with Gasteiger partial charge in [0.05, 0.1) is 0 Å². The van der Waals surface area contributed by atoms with Gasteiger partial charge in [0.25, 0.3) is 5.91 Å². The summed E-state index contributed by atoms with van der Waals surface area (Å²) in [5.41, 5.74) is 1.80. The smallest absolute Gasteiger partial charge is 0.322 e. The lowest BCUT2D eigenvalue weighted by Crippen LogP contribution is -2.34. The van der Waals surface area contributed by atoms with Crippen molar-refractivity contribution in [2.45, 2.75) is 32.0 Å². The number of ether oxygens (including phenoxy) is 2. The van der Waals surface area contributed by atoms with Gasteiger partial charge in [0, 0.05) is 31.9 Å². The first-order chi connectivity index (χ1) is 14.1. The predicted molar refractivity (Wildman–Crippen MR) is 101 cm³/mol. The largest absolute Gasteiger partial charge is 0.454 e. The number of carbonyl (C=O) groups excluding carboxylic acids is 3. The first-order valence-electron chi connectivity index (χ1n) is 9.25. The number of fused-ring (bicyclic) bond motifs is 1. The van der Waals surface area contributed by atoms with Gasteiger partial charge in [-0.3, -0.25) is 19.9 Å². The third-order valence-corrected chi connectivity index (χ3v) is 4.76. The summed E-state index contributed by atoms with van der Waals surface area (Å²) in [6, 6.07) is 8.08. The molecule has 9 heteroatoms. The molecule has 1 aromatic carbocycles. The van der Waals surface area contributed by atoms with Gasteiger partial charge in [0.2, 0.25) is 12.7 Å². The fourth-order valence-corrected chi connectivity index (χ4v) is 3.29. The van der Waals surface area contributed by atoms with Crippen LogP contribution >= 0.6 is 0 Å². The molecular formula is C20H20N4O5. The molecule has 1 atom stereocenters. The lowest BCUT2D eigenvalue weighted by Gasteiger charge is -2.23. The van der Waals surface area contributed by atoms with Crippen molar-refractivity contribution in [2.75, 3.05) is 6.79 Å². The number of imide groups is 1. The van der Waals surface area contributed by atoms with Crippen molar-refractivity contribution in [1.29, 1.82) is 0 Å². The Morgan fingerprint density at radius 1 is 1.14 bits per heavy atom. The van der Waals surface area contributed by atoms with Crippen molar-refractivity contribution in [3.05, 3.63) is 53.9 Å². The molecule has 150 valence electrons. The third-order valence-electron chi connectivity index (χ3n) is 4.76. The van der Waals surface area contributed by atoms with Crippen LogP contribution in [0.3, 0.4) is 0 Å². The zero-order valence-electron chi connectivity index (χ0n) is 15.6. The van der Waals surface area contributed by atoms with Crippen molar-refractivity contribution < 1.29 is 23.9 Å². The van der Waals surface area contributed by atoms with Gasteiger partial charge >= 0.3 is 6.03 Å². The number of hydrogen-bond acceptors (Lipinski definition) is 6. The van der Waals surface area contributed by atoms with Gasteiger partial charge < -0.3 is 19.7 Å². The van der Waals surface area contributed by atoms with E-state index < -0.39 is 18.0 Å². The standard InChI is InChI=1S/C20H20N4O5/c25-18(6-4-15-19(26)23-20(27)22-15)24(11-14-2-1-7-21-9-14)10-13-3-5-16-17(8-13)29-12-28-16/h1-3,5,7-9,15H,4,6,10-12H2,(H2,22,23,26,27)/t15-/m0/s1. The molecular weight excluding hydrogens is 376 g/mol. The molecule has 4 rings (SSSR count). The maximum absolute atomic E-state index is 12.9. The topological polar surface area (TPSA) is 110 Å². The first kappa shape index (κ1) is 18.7. The number of nitrogens with zero attached hydrogens (tertiary/aromatic N) is 2. The average Bonchev–Trinajstić information content (AvgIpc) is 3.31. The lowest BCUT2D eigenvalue weighted by atomic mass is 10.1. The van der Waals surface area contributed by atoms with Crippen LogP contribution in [0.15, 0.2) is 42.7 Å². The summed E-state index contributed by atoms with van der Waals surface area (Å²) < 4.78 is 10.7. The van der Waals surface area contributed by atoms with Crippen LogP contribution in [0.4, 0.5) is 4.79 Å². The fraction of sp³-hybridized carbons (Fsp3) is 0.300. The number of aromatic nitrogens is 1. The van der Waals surface area contributed by atoms with Gasteiger partial charge in [-0.05, 0) is 35.7 Å². The molecule has 3 heterocycles. The molecule has 2 aliphatic heterocycles. The molecule has 0 radical (unpaired) electrons. The summed E-state index contributed by atoms with van der Waals surface area (Å²) in [5.74, 6) is 0.807. The minimum absolute atomic E-state index is 0.125. The van der Waals surface area contributed by atoms with Gasteiger partial charge in [-0.15, -0.1) is 0 Å². The molecule has 4 amide bonds. The van der Waals surface area contributed by atoms with E-state index in [9.17, 15) is 14.4 Å². The summed E-state index contributed by atoms with van der Waals surface area (Å²) >= 11 is 0. The van der Waals surface area contributed by atoms with Gasteiger partial charge in [-0.25, -0.2) is 4.79 Å². The number of hydrogen-bond donors (Lipinski definition) is 2. The number of pyridine rings is 1. The summed E-state index contributed by atoms with van der Waals surface area (Å²) in [7, 11) is 0. The van der Waals surface area contributed by atoms with Crippen molar-refractivity contribution in [3.8, 4) is 11.5 Å². The molecule has 1 fully saturated rings. The molecule has 2 aliphatic rings. The Labute approximate surface area is 167 Å². The Morgan fingerprint density at radius 3 is 2.72 bits per heavy atom. The molecule has 2 aromatic rings. The first-order valence-corrected chi connectivity index (χ1v) is 9.25. The Bertz CT molecular complexity index is 934. The number of benzene rings is 1. The highest BCUT2D eigenvalue weighted by molar-refractivity contribution is 6.04. The van der Waals surface area contributed by atoms with E-state index in [1.165, 1.54) is 0 Å². The maximum Gasteiger partial charge on any atom is 0.322 e. The Morgan fingerprint density at radius 2 is 1.97 bits per heavy atom. The number of nitrogens with one attached hydrogen (secondary N) is 2. The second kappa shape index (κ2) is 8.17. The maximum atomic E-state index is 12.9. The SMILES string of the molecule is O=C1NC(=O)[C@H](CCC(=O)N(Cc2cccnc2)Cc2ccc3c(c2)OCO3)N1. The van der Waals surface area contributed by atoms with E-state index >= 15 is 0 Å². The van der Waals surface area contributed by atoms with Crippen LogP contribution in [-0.4, -0.2) is 40.6 Å². The number of carbonyl (C=O) groups is 3. The van der Waals surface area contributed by atoms with Crippen LogP contribution in [0.2, 0.25) is 0 Å². The summed E-state index contributed by atoms with van der Waals surface area (Å²) in [5, 5.41) is 4.69. The molecule has 9 nitrogen and oxygen atoms in total. The van der Waals surface area contributed by atoms with Crippen LogP contribution in [0.5, 0.6) is 11.5 Å². The molecule has 2 N–H and O–H groups in total. The van der Waals surface area contributed by atoms with Crippen LogP contribution in [-0.2, 0) is 22.7 Å². The Kier molecular flexibility index (Phi) is 5.28. The van der Waals surface area contributed by atoms with Crippen LogP contribution in [0.1, 0.15) is 24.0 Å². The van der Waals surface area contributed by atoms with Crippen LogP contribution in [0.25, 0.3) is 0 Å². The summed E-state index contributed by atoms with van der Waals surface area (Å²) in [6.07, 6.45) is 3.75. The molecule has 0 spiro atoms. The van der Waals surface area contributed by atoms with E-state index in [4.69, 9.17) is 9.47 Å². The molecule has 0 saturated carbocycles. The van der Waals surface area contributed by atoms with Crippen molar-refractivity contribution in [1.82, 2.24) is 20.5 Å². The van der Waals surface area contributed by atoms with Crippen LogP contribution < -0.4 is 20.1 Å². The molecule has 1 saturated heterocycles. The van der Waals surface area contributed by atoms with Crippen molar-refractivity contribution >= 4 is 17.8 Å². The normalized spacial score (nSPS) is 17.0. The second-order valence-electron chi connectivity index (χ2n) is 6.85. The van der Waals surface area contributed by atoms with Gasteiger partial charge in [0.1, 0.15) is 6.04 Å². The van der Waals surface area contributed by atoms with Gasteiger partial charge in [0.15, 0.2) is 11.5 Å². The molecule has 0 unspecified atom stereocenters. The van der Waals surface area contributed by atoms with E-state index in [-0.39, 0.29) is 25.5 Å². The average molecular weight is 396 g/mol. The summed E-state index contributed by atoms with van der Waals surface area (Å²) in [6.45, 7) is 0.935. The highest BCUT2D eigenvalue weighted by atomic mass is 16.7. The summed E-state index contributed by atoms with van der Waals surface area (Å²) in [4.78, 5) is 41.7. The molecule has 0 bridgehead atoms. The van der Waals surface area contributed by atoms with Gasteiger partial charge in [-0.1, -0.05) is 12.1 Å². The second-order valence-corrected chi connectivity index (χ2v) is 6.85. The van der Waals surface area contributed by atoms with Crippen molar-refractivity contribution in [2.24, 2.45) is 0 Å². The Balaban J connectivity index is 1.46. The lowest BCUT2D eigenvalue weighted by molar-refractivity contribution is -0.132. The number of amides is 4. The zero-order valence-corrected chi connectivity index (χ0v) is 15.6. The van der Waals surface area contributed by atoms with E-state index in [2.05, 4.69) is 15.6 Å². The number of rotatable bonds is 7. The van der Waals surface area contributed by atoms with E-state index in [1.54, 1.807) is 17.3 Å². The Hall–Kier alpha value is -3.62. The monoisotopic (exact) mass is 396 g/mol. The van der Waals surface area contributed by atoms with Crippen molar-refractivity contribution in [3.63, 3.8) is 0 Å². The van der Waals surface area contributed by atoms with Gasteiger partial charge in [-0.2, -0.15) is 0 Å².